The highest BCUT2D eigenvalue weighted by Crippen LogP contribution is 2.13. The van der Waals surface area contributed by atoms with E-state index in [1.807, 2.05) is 18.2 Å². The summed E-state index contributed by atoms with van der Waals surface area (Å²) in [6, 6.07) is 5.74. The van der Waals surface area contributed by atoms with Gasteiger partial charge < -0.3 is 19.5 Å². The Labute approximate surface area is 196 Å². The lowest BCUT2D eigenvalue weighted by atomic mass is 10.3. The van der Waals surface area contributed by atoms with Crippen LogP contribution in [0.2, 0.25) is 0 Å². The van der Waals surface area contributed by atoms with Crippen molar-refractivity contribution in [1.29, 1.82) is 0 Å². The number of rotatable bonds is 16. The third kappa shape index (κ3) is 10.1. The summed E-state index contributed by atoms with van der Waals surface area (Å²) in [5.74, 6) is -0.229. The number of carbonyl (C=O) groups excluding carboxylic acids is 1. The Balaban J connectivity index is 1.58. The topological polar surface area (TPSA) is 85.8 Å². The van der Waals surface area contributed by atoms with E-state index in [9.17, 15) is 9.18 Å². The predicted octanol–water partition coefficient (Wildman–Crippen LogP) is 2.31. The molecule has 0 aliphatic carbocycles. The minimum absolute atomic E-state index is 0.113. The number of alkyl halides is 1. The van der Waals surface area contributed by atoms with Crippen molar-refractivity contribution in [3.05, 3.63) is 33.7 Å². The van der Waals surface area contributed by atoms with Crippen LogP contribution >= 0.6 is 22.6 Å². The highest BCUT2D eigenvalue weighted by Gasteiger charge is 2.10. The fourth-order valence-corrected chi connectivity index (χ4v) is 3.20. The number of carbonyl (C=O) groups is 1. The van der Waals surface area contributed by atoms with Crippen LogP contribution in [0, 0.1) is 3.57 Å². The fraction of sp³-hybridized carbons (Fsp3) is 0.571. The van der Waals surface area contributed by atoms with Gasteiger partial charge in [0.1, 0.15) is 12.4 Å². The first kappa shape index (κ1) is 25.8. The Morgan fingerprint density at radius 1 is 1.06 bits per heavy atom. The number of amides is 1. The van der Waals surface area contributed by atoms with Crippen molar-refractivity contribution in [3.8, 4) is 0 Å². The van der Waals surface area contributed by atoms with Crippen molar-refractivity contribution < 1.29 is 23.4 Å². The molecule has 10 heteroatoms. The second kappa shape index (κ2) is 15.4. The molecule has 1 N–H and O–H groups in total. The molecule has 1 amide bonds. The molecule has 0 aliphatic heterocycles. The van der Waals surface area contributed by atoms with Crippen LogP contribution < -0.4 is 5.32 Å². The summed E-state index contributed by atoms with van der Waals surface area (Å²) in [6.07, 6.45) is 1.51. The van der Waals surface area contributed by atoms with Crippen molar-refractivity contribution in [1.82, 2.24) is 20.2 Å². The molecule has 0 atom stereocenters. The van der Waals surface area contributed by atoms with Crippen molar-refractivity contribution >= 4 is 39.5 Å². The summed E-state index contributed by atoms with van der Waals surface area (Å²) in [4.78, 5) is 23.3. The van der Waals surface area contributed by atoms with Gasteiger partial charge in [-0.25, -0.2) is 9.37 Å². The van der Waals surface area contributed by atoms with Gasteiger partial charge in [-0.15, -0.1) is 0 Å². The van der Waals surface area contributed by atoms with Crippen LogP contribution in [-0.2, 0) is 14.2 Å². The molecule has 2 rings (SSSR count). The van der Waals surface area contributed by atoms with E-state index in [1.54, 1.807) is 0 Å². The van der Waals surface area contributed by atoms with Gasteiger partial charge in [-0.3, -0.25) is 14.7 Å². The summed E-state index contributed by atoms with van der Waals surface area (Å²) in [7, 11) is 0. The number of nitrogens with zero attached hydrogens (tertiary/aromatic N) is 3. The number of hydrogen-bond donors (Lipinski definition) is 1. The summed E-state index contributed by atoms with van der Waals surface area (Å²) in [6.45, 7) is 6.94. The van der Waals surface area contributed by atoms with Crippen molar-refractivity contribution in [2.24, 2.45) is 0 Å². The van der Waals surface area contributed by atoms with E-state index in [4.69, 9.17) is 14.2 Å². The molecule has 8 nitrogen and oxygen atoms in total. The molecule has 1 heterocycles. The molecule has 0 spiro atoms. The average molecular weight is 547 g/mol. The Kier molecular flexibility index (Phi) is 12.8. The molecule has 172 valence electrons. The Morgan fingerprint density at radius 2 is 1.77 bits per heavy atom. The lowest BCUT2D eigenvalue weighted by molar-refractivity contribution is 0.00889. The van der Waals surface area contributed by atoms with E-state index in [0.29, 0.717) is 57.3 Å². The van der Waals surface area contributed by atoms with Gasteiger partial charge >= 0.3 is 0 Å². The molecule has 0 aliphatic rings. The third-order valence-electron chi connectivity index (χ3n) is 4.42. The first-order valence-corrected chi connectivity index (χ1v) is 11.4. The van der Waals surface area contributed by atoms with E-state index in [1.165, 1.54) is 6.20 Å². The smallest absolute Gasteiger partial charge is 0.271 e. The Morgan fingerprint density at radius 3 is 2.48 bits per heavy atom. The van der Waals surface area contributed by atoms with E-state index < -0.39 is 6.67 Å². The van der Waals surface area contributed by atoms with Crippen LogP contribution in [0.4, 0.5) is 4.39 Å². The van der Waals surface area contributed by atoms with Crippen LogP contribution in [0.3, 0.4) is 0 Å². The number of halogens is 2. The minimum Gasteiger partial charge on any atom is -0.378 e. The van der Waals surface area contributed by atoms with E-state index >= 15 is 0 Å². The standard InChI is InChI=1S/C21H30FIN4O4/c1-2-27(8-10-30-12-14-31-13-11-29-9-5-22)7-6-24-21(28)20-16-25-19-15-17(23)3-4-18(19)26-20/h3-4,15-16H,2,5-14H2,1H3,(H,24,28)/i22-1. The first-order valence-electron chi connectivity index (χ1n) is 10.4. The number of hydrogen-bond acceptors (Lipinski definition) is 7. The normalized spacial score (nSPS) is 11.4. The van der Waals surface area contributed by atoms with Crippen LogP contribution in [0.1, 0.15) is 17.4 Å². The van der Waals surface area contributed by atoms with Crippen molar-refractivity contribution in [2.75, 3.05) is 72.5 Å². The fourth-order valence-electron chi connectivity index (χ4n) is 2.73. The number of fused-ring (bicyclic) bond motifs is 1. The molecule has 0 saturated carbocycles. The van der Waals surface area contributed by atoms with E-state index in [2.05, 4.69) is 49.7 Å². The molecule has 1 aromatic carbocycles. The second-order valence-corrected chi connectivity index (χ2v) is 7.85. The number of benzene rings is 1. The Bertz CT molecular complexity index is 799. The zero-order chi connectivity index (χ0) is 22.3. The Hall–Kier alpha value is -1.47. The van der Waals surface area contributed by atoms with Gasteiger partial charge in [-0.05, 0) is 47.3 Å². The molecule has 0 fully saturated rings. The van der Waals surface area contributed by atoms with Gasteiger partial charge in [0.2, 0.25) is 0 Å². The highest BCUT2D eigenvalue weighted by molar-refractivity contribution is 14.1. The lowest BCUT2D eigenvalue weighted by Gasteiger charge is -2.20. The van der Waals surface area contributed by atoms with Gasteiger partial charge in [0.05, 0.1) is 56.9 Å². The maximum absolute atomic E-state index is 12.4. The molecule has 0 unspecified atom stereocenters. The number of likely N-dealkylation sites (N-methyl/N-ethyl adjacent to an activating group) is 1. The molecule has 0 radical (unpaired) electrons. The summed E-state index contributed by atoms with van der Waals surface area (Å²) < 4.78 is 28.8. The zero-order valence-corrected chi connectivity index (χ0v) is 20.0. The average Bonchev–Trinajstić information content (AvgIpc) is 2.78. The van der Waals surface area contributed by atoms with Crippen LogP contribution in [0.5, 0.6) is 0 Å². The maximum Gasteiger partial charge on any atom is 0.271 e. The first-order chi connectivity index (χ1) is 15.1. The van der Waals surface area contributed by atoms with Crippen LogP contribution in [0.15, 0.2) is 24.4 Å². The van der Waals surface area contributed by atoms with E-state index in [0.717, 1.165) is 22.2 Å². The number of ether oxygens (including phenoxy) is 3. The van der Waals surface area contributed by atoms with Crippen molar-refractivity contribution in [2.45, 2.75) is 6.92 Å². The molecule has 2 aromatic rings. The zero-order valence-electron chi connectivity index (χ0n) is 17.8. The van der Waals surface area contributed by atoms with Crippen molar-refractivity contribution in [3.63, 3.8) is 0 Å². The number of nitrogens with one attached hydrogen (secondary N) is 1. The number of aromatic nitrogens is 2. The van der Waals surface area contributed by atoms with Gasteiger partial charge in [-0.1, -0.05) is 6.92 Å². The minimum atomic E-state index is -0.474. The quantitative estimate of drug-likeness (QED) is 0.255. The largest absolute Gasteiger partial charge is 0.378 e. The van der Waals surface area contributed by atoms with Gasteiger partial charge in [0.25, 0.3) is 5.91 Å². The van der Waals surface area contributed by atoms with Gasteiger partial charge in [-0.2, -0.15) is 0 Å². The van der Waals surface area contributed by atoms with Crippen LogP contribution in [0.25, 0.3) is 11.0 Å². The van der Waals surface area contributed by atoms with E-state index in [-0.39, 0.29) is 12.5 Å². The predicted molar refractivity (Wildman–Crippen MR) is 125 cm³/mol. The summed E-state index contributed by atoms with van der Waals surface area (Å²) in [5.41, 5.74) is 1.79. The summed E-state index contributed by atoms with van der Waals surface area (Å²) in [5, 5.41) is 2.90. The molecule has 0 saturated heterocycles. The lowest BCUT2D eigenvalue weighted by Crippen LogP contribution is -2.37. The highest BCUT2D eigenvalue weighted by atomic mass is 127. The molecule has 0 bridgehead atoms. The third-order valence-corrected chi connectivity index (χ3v) is 5.09. The maximum atomic E-state index is 12.4. The summed E-state index contributed by atoms with van der Waals surface area (Å²) >= 11 is 2.22. The molecule has 31 heavy (non-hydrogen) atoms. The monoisotopic (exact) mass is 547 g/mol. The van der Waals surface area contributed by atoms with Crippen LogP contribution in [-0.4, -0.2) is 93.3 Å². The van der Waals surface area contributed by atoms with Gasteiger partial charge in [0, 0.05) is 23.2 Å². The molecular weight excluding hydrogens is 517 g/mol. The molecule has 1 aromatic heterocycles. The second-order valence-electron chi connectivity index (χ2n) is 6.60. The van der Waals surface area contributed by atoms with Gasteiger partial charge in [0.15, 0.2) is 0 Å². The molecular formula is C21H30FIN4O4. The SMILES string of the molecule is CCN(CCNC(=O)c1cnc2cc(I)ccc2n1)CCOCCOCCOCC[18F].